The third kappa shape index (κ3) is 6.80. The smallest absolute Gasteiger partial charge is 0.248 e. The summed E-state index contributed by atoms with van der Waals surface area (Å²) < 4.78 is 17.9. The second kappa shape index (κ2) is 13.8. The topological polar surface area (TPSA) is 87.1 Å². The Balaban J connectivity index is 0.959. The Kier molecular flexibility index (Phi) is 8.65. The Morgan fingerprint density at radius 3 is 1.42 bits per heavy atom. The summed E-state index contributed by atoms with van der Waals surface area (Å²) >= 11 is 0. The van der Waals surface area contributed by atoms with Crippen molar-refractivity contribution in [1.29, 1.82) is 0 Å². The average Bonchev–Trinajstić information content (AvgIpc) is 3.85. The Bertz CT molecular complexity index is 2200. The molecule has 2 aromatic heterocycles. The van der Waals surface area contributed by atoms with Gasteiger partial charge >= 0.3 is 0 Å². The number of nitrogens with zero attached hydrogens (tertiary/aromatic N) is 4. The van der Waals surface area contributed by atoms with Crippen LogP contribution >= 0.6 is 0 Å². The van der Waals surface area contributed by atoms with Crippen molar-refractivity contribution in [2.75, 3.05) is 0 Å². The molecule has 0 radical (unpaired) electrons. The van der Waals surface area contributed by atoms with Crippen LogP contribution in [0.2, 0.25) is 0 Å². The van der Waals surface area contributed by atoms with Gasteiger partial charge in [0.05, 0.1) is 0 Å². The average molecular weight is 627 g/mol. The van der Waals surface area contributed by atoms with Crippen LogP contribution in [0.4, 0.5) is 0 Å². The number of rotatable bonds is 10. The molecular formula is C41H30N4O3. The monoisotopic (exact) mass is 626 g/mol. The van der Waals surface area contributed by atoms with Gasteiger partial charge < -0.3 is 13.6 Å². The molecule has 7 heteroatoms. The van der Waals surface area contributed by atoms with Crippen LogP contribution in [0.5, 0.6) is 5.75 Å². The van der Waals surface area contributed by atoms with Crippen LogP contribution in [0, 0.1) is 0 Å². The lowest BCUT2D eigenvalue weighted by Crippen LogP contribution is -1.91. The van der Waals surface area contributed by atoms with Crippen molar-refractivity contribution in [3.63, 3.8) is 0 Å². The minimum Gasteiger partial charge on any atom is -0.458 e. The van der Waals surface area contributed by atoms with Gasteiger partial charge in [0.2, 0.25) is 23.6 Å². The molecule has 7 aromatic rings. The van der Waals surface area contributed by atoms with Crippen LogP contribution < -0.4 is 4.74 Å². The van der Waals surface area contributed by atoms with Gasteiger partial charge in [-0.2, -0.15) is 0 Å². The van der Waals surface area contributed by atoms with E-state index in [4.69, 9.17) is 13.6 Å². The highest BCUT2D eigenvalue weighted by molar-refractivity contribution is 5.71. The van der Waals surface area contributed by atoms with Crippen molar-refractivity contribution in [2.24, 2.45) is 0 Å². The van der Waals surface area contributed by atoms with Gasteiger partial charge in [-0.05, 0) is 89.9 Å². The quantitative estimate of drug-likeness (QED) is 0.110. The lowest BCUT2D eigenvalue weighted by atomic mass is 10.0. The molecule has 0 bridgehead atoms. The summed E-state index contributed by atoms with van der Waals surface area (Å²) in [7, 11) is 0. The van der Waals surface area contributed by atoms with Crippen molar-refractivity contribution in [2.45, 2.75) is 6.92 Å². The summed E-state index contributed by atoms with van der Waals surface area (Å²) in [5.74, 6) is 2.78. The van der Waals surface area contributed by atoms with Crippen LogP contribution in [-0.4, -0.2) is 20.4 Å². The van der Waals surface area contributed by atoms with Gasteiger partial charge in [-0.15, -0.1) is 20.4 Å². The molecule has 0 saturated carbocycles. The molecule has 0 unspecified atom stereocenters. The molecule has 0 spiro atoms. The molecule has 0 atom stereocenters. The SMILES string of the molecule is C=C(/C=C\C(=C/C)c1nnc(-c2ccc(-c3ccccc3)cc2)o1)Oc1ccc(-c2nnc(-c3ccc(-c4ccccc4)cc3)o2)cc1. The number of ether oxygens (including phenoxy) is 1. The molecule has 0 aliphatic carbocycles. The van der Waals surface area contributed by atoms with E-state index in [0.717, 1.165) is 44.5 Å². The molecule has 232 valence electrons. The zero-order valence-corrected chi connectivity index (χ0v) is 26.2. The highest BCUT2D eigenvalue weighted by Gasteiger charge is 2.13. The lowest BCUT2D eigenvalue weighted by molar-refractivity contribution is 0.447. The van der Waals surface area contributed by atoms with E-state index in [2.05, 4.69) is 51.2 Å². The van der Waals surface area contributed by atoms with Gasteiger partial charge in [-0.3, -0.25) is 0 Å². The van der Waals surface area contributed by atoms with Gasteiger partial charge in [-0.1, -0.05) is 97.6 Å². The van der Waals surface area contributed by atoms with Crippen molar-refractivity contribution >= 4 is 5.57 Å². The minimum atomic E-state index is 0.402. The van der Waals surface area contributed by atoms with Crippen LogP contribution in [-0.2, 0) is 0 Å². The zero-order chi connectivity index (χ0) is 32.7. The Morgan fingerprint density at radius 2 is 0.917 bits per heavy atom. The van der Waals surface area contributed by atoms with Crippen molar-refractivity contribution < 1.29 is 13.6 Å². The molecule has 48 heavy (non-hydrogen) atoms. The van der Waals surface area contributed by atoms with Crippen LogP contribution in [0.15, 0.2) is 173 Å². The van der Waals surface area contributed by atoms with Crippen molar-refractivity contribution in [3.8, 4) is 62.4 Å². The van der Waals surface area contributed by atoms with E-state index >= 15 is 0 Å². The van der Waals surface area contributed by atoms with Gasteiger partial charge in [0.1, 0.15) is 11.5 Å². The molecule has 0 amide bonds. The van der Waals surface area contributed by atoms with E-state index in [0.29, 0.717) is 35.1 Å². The van der Waals surface area contributed by atoms with Gasteiger partial charge in [0, 0.05) is 22.3 Å². The van der Waals surface area contributed by atoms with Crippen LogP contribution in [0.25, 0.3) is 62.2 Å². The summed E-state index contributed by atoms with van der Waals surface area (Å²) in [6.07, 6.45) is 5.48. The summed E-state index contributed by atoms with van der Waals surface area (Å²) in [4.78, 5) is 0. The molecule has 7 nitrogen and oxygen atoms in total. The summed E-state index contributed by atoms with van der Waals surface area (Å²) in [5, 5.41) is 17.0. The van der Waals surface area contributed by atoms with Gasteiger partial charge in [0.25, 0.3) is 0 Å². The van der Waals surface area contributed by atoms with E-state index in [-0.39, 0.29) is 0 Å². The first-order chi connectivity index (χ1) is 23.6. The molecule has 5 aromatic carbocycles. The Hall–Kier alpha value is -6.60. The van der Waals surface area contributed by atoms with E-state index in [1.807, 2.05) is 128 Å². The first kappa shape index (κ1) is 30.1. The standard InChI is InChI=1S/C41H30N4O3/c1-3-29(38-42-43-39(47-38)34-20-16-32(17-21-34)30-10-6-4-7-11-30)15-14-28(2)46-37-26-24-36(25-27-37)41-45-44-40(48-41)35-22-18-33(19-23-35)31-12-8-5-9-13-31/h3-27H,2H2,1H3/b15-14-,29-3+. The van der Waals surface area contributed by atoms with Crippen molar-refractivity contribution in [3.05, 3.63) is 170 Å². The fourth-order valence-corrected chi connectivity index (χ4v) is 5.11. The normalized spacial score (nSPS) is 11.6. The van der Waals surface area contributed by atoms with E-state index in [9.17, 15) is 0 Å². The first-order valence-electron chi connectivity index (χ1n) is 15.4. The molecule has 0 fully saturated rings. The number of aromatic nitrogens is 4. The molecule has 0 saturated heterocycles. The van der Waals surface area contributed by atoms with Crippen LogP contribution in [0.3, 0.4) is 0 Å². The maximum Gasteiger partial charge on any atom is 0.248 e. The highest BCUT2D eigenvalue weighted by Crippen LogP contribution is 2.29. The number of hydrogen-bond donors (Lipinski definition) is 0. The largest absolute Gasteiger partial charge is 0.458 e. The first-order valence-corrected chi connectivity index (χ1v) is 15.4. The fourth-order valence-electron chi connectivity index (χ4n) is 5.11. The van der Waals surface area contributed by atoms with E-state index < -0.39 is 0 Å². The summed E-state index contributed by atoms with van der Waals surface area (Å²) in [6, 6.07) is 43.9. The maximum atomic E-state index is 6.00. The van der Waals surface area contributed by atoms with Gasteiger partial charge in [0.15, 0.2) is 0 Å². The molecule has 7 rings (SSSR count). The third-order valence-corrected chi connectivity index (χ3v) is 7.68. The third-order valence-electron chi connectivity index (χ3n) is 7.68. The number of allylic oxidation sites excluding steroid dienone is 4. The minimum absolute atomic E-state index is 0.402. The number of benzene rings is 5. The lowest BCUT2D eigenvalue weighted by Gasteiger charge is -2.05. The second-order valence-electron chi connectivity index (χ2n) is 10.9. The molecule has 0 aliphatic heterocycles. The fraction of sp³-hybridized carbons (Fsp3) is 0.0244. The molecule has 0 N–H and O–H groups in total. The van der Waals surface area contributed by atoms with E-state index in [1.54, 1.807) is 6.08 Å². The highest BCUT2D eigenvalue weighted by atomic mass is 16.5. The maximum absolute atomic E-state index is 6.00. The summed E-state index contributed by atoms with van der Waals surface area (Å²) in [6.45, 7) is 5.94. The van der Waals surface area contributed by atoms with Gasteiger partial charge in [-0.25, -0.2) is 0 Å². The summed E-state index contributed by atoms with van der Waals surface area (Å²) in [5.41, 5.74) is 7.77. The second-order valence-corrected chi connectivity index (χ2v) is 10.9. The predicted molar refractivity (Wildman–Crippen MR) is 188 cm³/mol. The molecule has 2 heterocycles. The van der Waals surface area contributed by atoms with Crippen molar-refractivity contribution in [1.82, 2.24) is 20.4 Å². The molecular weight excluding hydrogens is 596 g/mol. The van der Waals surface area contributed by atoms with E-state index in [1.165, 1.54) is 0 Å². The number of hydrogen-bond acceptors (Lipinski definition) is 7. The Labute approximate surface area is 278 Å². The molecule has 0 aliphatic rings. The zero-order valence-electron chi connectivity index (χ0n) is 26.2. The van der Waals surface area contributed by atoms with Crippen LogP contribution in [0.1, 0.15) is 12.8 Å². The Morgan fingerprint density at radius 1 is 0.500 bits per heavy atom. The predicted octanol–water partition coefficient (Wildman–Crippen LogP) is 10.3.